The van der Waals surface area contributed by atoms with Crippen LogP contribution in [0, 0.1) is 0 Å². The number of anilines is 3. The van der Waals surface area contributed by atoms with Crippen LogP contribution in [0.1, 0.15) is 26.8 Å². The van der Waals surface area contributed by atoms with Crippen LogP contribution >= 0.6 is 0 Å². The van der Waals surface area contributed by atoms with Crippen LogP contribution in [-0.2, 0) is 0 Å². The van der Waals surface area contributed by atoms with E-state index in [1.165, 1.54) is 0 Å². The zero-order chi connectivity index (χ0) is 21.4. The molecule has 0 unspecified atom stereocenters. The molecule has 0 spiro atoms. The average Bonchev–Trinajstić information content (AvgIpc) is 3.25. The van der Waals surface area contributed by atoms with Crippen molar-refractivity contribution in [2.45, 2.75) is 26.8 Å². The smallest absolute Gasteiger partial charge is 0.228 e. The number of rotatable bonds is 5. The lowest BCUT2D eigenvalue weighted by atomic mass is 10.2. The molecule has 0 radical (unpaired) electrons. The van der Waals surface area contributed by atoms with Gasteiger partial charge in [-0.1, -0.05) is 19.1 Å². The van der Waals surface area contributed by atoms with Gasteiger partial charge in [0.1, 0.15) is 11.3 Å². The highest BCUT2D eigenvalue weighted by molar-refractivity contribution is 6.03. The first-order valence-corrected chi connectivity index (χ1v) is 11.0. The van der Waals surface area contributed by atoms with Gasteiger partial charge in [-0.15, -0.1) is 0 Å². The second-order valence-electron chi connectivity index (χ2n) is 8.27. The third kappa shape index (κ3) is 3.79. The van der Waals surface area contributed by atoms with Crippen LogP contribution in [0.3, 0.4) is 0 Å². The molecule has 160 valence electrons. The number of aromatic nitrogens is 5. The summed E-state index contributed by atoms with van der Waals surface area (Å²) >= 11 is 0. The molecule has 0 bridgehead atoms. The maximum absolute atomic E-state index is 4.80. The maximum atomic E-state index is 4.80. The molecule has 8 nitrogen and oxygen atoms in total. The van der Waals surface area contributed by atoms with Crippen molar-refractivity contribution in [3.63, 3.8) is 0 Å². The van der Waals surface area contributed by atoms with Crippen LogP contribution in [0.4, 0.5) is 17.5 Å². The van der Waals surface area contributed by atoms with Gasteiger partial charge in [-0.25, -0.2) is 15.0 Å². The van der Waals surface area contributed by atoms with E-state index < -0.39 is 0 Å². The van der Waals surface area contributed by atoms with E-state index in [4.69, 9.17) is 4.98 Å². The van der Waals surface area contributed by atoms with Gasteiger partial charge in [0, 0.05) is 49.2 Å². The van der Waals surface area contributed by atoms with Gasteiger partial charge < -0.3 is 15.1 Å². The first kappa shape index (κ1) is 19.7. The molecule has 8 heteroatoms. The van der Waals surface area contributed by atoms with Gasteiger partial charge in [-0.3, -0.25) is 4.68 Å². The Labute approximate surface area is 181 Å². The summed E-state index contributed by atoms with van der Waals surface area (Å²) in [6.07, 6.45) is 5.67. The summed E-state index contributed by atoms with van der Waals surface area (Å²) in [7, 11) is 0. The number of benzene rings is 1. The Morgan fingerprint density at radius 3 is 2.45 bits per heavy atom. The standard InChI is InChI=1S/C23H28N8/c1-4-29-9-11-30(12-10-29)19-7-8-20(24-15-19)27-23-25-13-17-5-6-18-14-26-31(16(2)3)22(18)21(17)28-23/h5-8,13-16H,4,9-12H2,1-3H3,(H,24,25,27,28). The molecule has 3 aromatic heterocycles. The Kier molecular flexibility index (Phi) is 5.15. The second kappa shape index (κ2) is 8.11. The number of piperazine rings is 1. The zero-order valence-corrected chi connectivity index (χ0v) is 18.3. The lowest BCUT2D eigenvalue weighted by Gasteiger charge is -2.35. The van der Waals surface area contributed by atoms with Crippen LogP contribution in [-0.4, -0.2) is 62.4 Å². The van der Waals surface area contributed by atoms with Crippen LogP contribution < -0.4 is 10.2 Å². The van der Waals surface area contributed by atoms with Crippen molar-refractivity contribution < 1.29 is 0 Å². The van der Waals surface area contributed by atoms with Crippen LogP contribution in [0.2, 0.25) is 0 Å². The first-order chi connectivity index (χ1) is 15.1. The second-order valence-corrected chi connectivity index (χ2v) is 8.27. The molecule has 1 N–H and O–H groups in total. The molecule has 4 aromatic rings. The van der Waals surface area contributed by atoms with Crippen LogP contribution in [0.15, 0.2) is 42.9 Å². The van der Waals surface area contributed by atoms with Gasteiger partial charge in [0.25, 0.3) is 0 Å². The number of hydrogen-bond donors (Lipinski definition) is 1. The Hall–Kier alpha value is -3.26. The van der Waals surface area contributed by atoms with Gasteiger partial charge in [-0.05, 0) is 32.5 Å². The normalized spacial score (nSPS) is 15.3. The molecule has 4 heterocycles. The highest BCUT2D eigenvalue weighted by atomic mass is 15.3. The van der Waals surface area contributed by atoms with Gasteiger partial charge >= 0.3 is 0 Å². The van der Waals surface area contributed by atoms with Crippen molar-refractivity contribution in [1.82, 2.24) is 29.6 Å². The molecule has 0 atom stereocenters. The molecule has 1 saturated heterocycles. The number of nitrogens with one attached hydrogen (secondary N) is 1. The summed E-state index contributed by atoms with van der Waals surface area (Å²) in [5.74, 6) is 1.27. The van der Waals surface area contributed by atoms with E-state index in [9.17, 15) is 0 Å². The molecular weight excluding hydrogens is 388 g/mol. The molecule has 1 aliphatic rings. The van der Waals surface area contributed by atoms with Crippen molar-refractivity contribution in [2.75, 3.05) is 42.9 Å². The molecule has 0 amide bonds. The van der Waals surface area contributed by atoms with Gasteiger partial charge in [0.2, 0.25) is 5.95 Å². The quantitative estimate of drug-likeness (QED) is 0.530. The van der Waals surface area contributed by atoms with Crippen molar-refractivity contribution in [3.8, 4) is 0 Å². The van der Waals surface area contributed by atoms with E-state index in [-0.39, 0.29) is 6.04 Å². The van der Waals surface area contributed by atoms with Gasteiger partial charge in [0.05, 0.1) is 23.6 Å². The Balaban J connectivity index is 1.39. The largest absolute Gasteiger partial charge is 0.368 e. The third-order valence-corrected chi connectivity index (χ3v) is 5.97. The molecule has 1 aromatic carbocycles. The number of pyridine rings is 1. The predicted octanol–water partition coefficient (Wildman–Crippen LogP) is 3.84. The fourth-order valence-corrected chi connectivity index (χ4v) is 4.16. The summed E-state index contributed by atoms with van der Waals surface area (Å²) in [6.45, 7) is 11.9. The number of nitrogens with zero attached hydrogens (tertiary/aromatic N) is 7. The van der Waals surface area contributed by atoms with E-state index in [2.05, 4.69) is 63.1 Å². The average molecular weight is 417 g/mol. The Morgan fingerprint density at radius 1 is 0.935 bits per heavy atom. The van der Waals surface area contributed by atoms with Gasteiger partial charge in [0.15, 0.2) is 0 Å². The van der Waals surface area contributed by atoms with E-state index in [1.807, 2.05) is 35.4 Å². The number of hydrogen-bond acceptors (Lipinski definition) is 7. The van der Waals surface area contributed by atoms with Crippen molar-refractivity contribution in [1.29, 1.82) is 0 Å². The maximum Gasteiger partial charge on any atom is 0.228 e. The van der Waals surface area contributed by atoms with E-state index in [0.29, 0.717) is 5.95 Å². The monoisotopic (exact) mass is 416 g/mol. The van der Waals surface area contributed by atoms with Crippen molar-refractivity contribution >= 4 is 39.3 Å². The van der Waals surface area contributed by atoms with E-state index in [1.54, 1.807) is 0 Å². The first-order valence-electron chi connectivity index (χ1n) is 11.0. The van der Waals surface area contributed by atoms with Crippen molar-refractivity contribution in [3.05, 3.63) is 42.9 Å². The number of fused-ring (bicyclic) bond motifs is 3. The summed E-state index contributed by atoms with van der Waals surface area (Å²) < 4.78 is 2.01. The molecular formula is C23H28N8. The molecule has 0 aliphatic carbocycles. The molecule has 5 rings (SSSR count). The Morgan fingerprint density at radius 2 is 1.74 bits per heavy atom. The summed E-state index contributed by atoms with van der Waals surface area (Å²) in [4.78, 5) is 18.8. The minimum absolute atomic E-state index is 0.253. The third-order valence-electron chi connectivity index (χ3n) is 5.97. The van der Waals surface area contributed by atoms with E-state index >= 15 is 0 Å². The summed E-state index contributed by atoms with van der Waals surface area (Å²) in [5.41, 5.74) is 3.09. The molecule has 1 fully saturated rings. The van der Waals surface area contributed by atoms with E-state index in [0.717, 1.165) is 66.0 Å². The van der Waals surface area contributed by atoms with Crippen molar-refractivity contribution in [2.24, 2.45) is 0 Å². The highest BCUT2D eigenvalue weighted by Gasteiger charge is 2.16. The summed E-state index contributed by atoms with van der Waals surface area (Å²) in [5, 5.41) is 9.87. The number of likely N-dealkylation sites (N-methyl/N-ethyl adjacent to an activating group) is 1. The Bertz CT molecular complexity index is 1190. The predicted molar refractivity (Wildman–Crippen MR) is 125 cm³/mol. The molecule has 1 aliphatic heterocycles. The fourth-order valence-electron chi connectivity index (χ4n) is 4.16. The minimum atomic E-state index is 0.253. The fraction of sp³-hybridized carbons (Fsp3) is 0.391. The van der Waals surface area contributed by atoms with Gasteiger partial charge in [-0.2, -0.15) is 5.10 Å². The topological polar surface area (TPSA) is 75.0 Å². The molecule has 31 heavy (non-hydrogen) atoms. The lowest BCUT2D eigenvalue weighted by molar-refractivity contribution is 0.271. The van der Waals surface area contributed by atoms with Crippen LogP contribution in [0.5, 0.6) is 0 Å². The SMILES string of the molecule is CCN1CCN(c2ccc(Nc3ncc4ccc5cnn(C(C)C)c5c4n3)nc2)CC1. The van der Waals surface area contributed by atoms with Crippen LogP contribution in [0.25, 0.3) is 21.8 Å². The highest BCUT2D eigenvalue weighted by Crippen LogP contribution is 2.27. The lowest BCUT2D eigenvalue weighted by Crippen LogP contribution is -2.46. The summed E-state index contributed by atoms with van der Waals surface area (Å²) in [6, 6.07) is 8.47. The minimum Gasteiger partial charge on any atom is -0.368 e. The molecule has 0 saturated carbocycles. The zero-order valence-electron chi connectivity index (χ0n) is 18.3.